The van der Waals surface area contributed by atoms with Crippen molar-refractivity contribution in [2.45, 2.75) is 39.7 Å². The first-order valence-electron chi connectivity index (χ1n) is 9.68. The molecule has 6 heteroatoms. The number of nitrogens with zero attached hydrogens (tertiary/aromatic N) is 3. The Balaban J connectivity index is 1.75. The first-order valence-corrected chi connectivity index (χ1v) is 9.68. The summed E-state index contributed by atoms with van der Waals surface area (Å²) < 4.78 is 7.04. The molecular weight excluding hydrogens is 342 g/mol. The summed E-state index contributed by atoms with van der Waals surface area (Å²) in [5.41, 5.74) is 2.72. The van der Waals surface area contributed by atoms with Gasteiger partial charge in [0.1, 0.15) is 0 Å². The molecule has 3 rings (SSSR count). The third-order valence-electron chi connectivity index (χ3n) is 5.02. The molecule has 6 nitrogen and oxygen atoms in total. The minimum atomic E-state index is -0.230. The van der Waals surface area contributed by atoms with Gasteiger partial charge in [0.15, 0.2) is 0 Å². The van der Waals surface area contributed by atoms with E-state index in [4.69, 9.17) is 4.74 Å². The summed E-state index contributed by atoms with van der Waals surface area (Å²) in [6.07, 6.45) is 3.98. The van der Waals surface area contributed by atoms with E-state index in [-0.39, 0.29) is 17.8 Å². The van der Waals surface area contributed by atoms with Crippen molar-refractivity contribution < 1.29 is 14.3 Å². The highest BCUT2D eigenvalue weighted by Gasteiger charge is 2.31. The van der Waals surface area contributed by atoms with E-state index in [0.29, 0.717) is 31.8 Å². The minimum absolute atomic E-state index is 0.0415. The molecule has 0 unspecified atom stereocenters. The third kappa shape index (κ3) is 4.38. The van der Waals surface area contributed by atoms with Crippen LogP contribution in [-0.2, 0) is 22.5 Å². The van der Waals surface area contributed by atoms with Crippen molar-refractivity contribution in [3.8, 4) is 0 Å². The number of hydrogen-bond acceptors (Lipinski definition) is 4. The highest BCUT2D eigenvalue weighted by Crippen LogP contribution is 2.22. The van der Waals surface area contributed by atoms with E-state index in [9.17, 15) is 9.59 Å². The summed E-state index contributed by atoms with van der Waals surface area (Å²) in [6, 6.07) is 10.1. The third-order valence-corrected chi connectivity index (χ3v) is 5.02. The van der Waals surface area contributed by atoms with Crippen LogP contribution < -0.4 is 0 Å². The van der Waals surface area contributed by atoms with Crippen molar-refractivity contribution in [1.82, 2.24) is 14.7 Å². The van der Waals surface area contributed by atoms with Crippen LogP contribution in [0.25, 0.3) is 0 Å². The Kier molecular flexibility index (Phi) is 6.27. The molecule has 1 atom stereocenters. The number of ether oxygens (including phenoxy) is 1. The minimum Gasteiger partial charge on any atom is -0.466 e. The Morgan fingerprint density at radius 3 is 2.70 bits per heavy atom. The van der Waals surface area contributed by atoms with Gasteiger partial charge in [-0.3, -0.25) is 14.3 Å². The average Bonchev–Trinajstić information content (AvgIpc) is 3.11. The van der Waals surface area contributed by atoms with Gasteiger partial charge in [0.2, 0.25) is 0 Å². The lowest BCUT2D eigenvalue weighted by atomic mass is 9.97. The van der Waals surface area contributed by atoms with Crippen LogP contribution >= 0.6 is 0 Å². The maximum Gasteiger partial charge on any atom is 0.310 e. The van der Waals surface area contributed by atoms with Crippen molar-refractivity contribution in [1.29, 1.82) is 0 Å². The zero-order valence-corrected chi connectivity index (χ0v) is 16.1. The van der Waals surface area contributed by atoms with Gasteiger partial charge < -0.3 is 9.64 Å². The van der Waals surface area contributed by atoms with E-state index in [1.54, 1.807) is 18.0 Å². The Morgan fingerprint density at radius 1 is 1.22 bits per heavy atom. The predicted octanol–water partition coefficient (Wildman–Crippen LogP) is 2.91. The van der Waals surface area contributed by atoms with Gasteiger partial charge >= 0.3 is 5.97 Å². The van der Waals surface area contributed by atoms with Gasteiger partial charge in [0.05, 0.1) is 36.5 Å². The van der Waals surface area contributed by atoms with E-state index in [1.165, 1.54) is 0 Å². The van der Waals surface area contributed by atoms with Gasteiger partial charge in [0, 0.05) is 13.1 Å². The summed E-state index contributed by atoms with van der Waals surface area (Å²) in [5, 5.41) is 4.46. The number of benzene rings is 1. The molecule has 2 heterocycles. The summed E-state index contributed by atoms with van der Waals surface area (Å²) in [7, 11) is 0. The van der Waals surface area contributed by atoms with Crippen LogP contribution in [0.5, 0.6) is 0 Å². The molecule has 0 bridgehead atoms. The fourth-order valence-corrected chi connectivity index (χ4v) is 3.64. The fourth-order valence-electron chi connectivity index (χ4n) is 3.64. The van der Waals surface area contributed by atoms with Gasteiger partial charge in [-0.25, -0.2) is 0 Å². The zero-order valence-electron chi connectivity index (χ0n) is 16.1. The molecule has 0 spiro atoms. The number of carbonyl (C=O) groups excluding carboxylic acids is 2. The Hall–Kier alpha value is -2.63. The highest BCUT2D eigenvalue weighted by molar-refractivity contribution is 5.95. The first-order chi connectivity index (χ1) is 13.1. The summed E-state index contributed by atoms with van der Waals surface area (Å²) in [6.45, 7) is 5.94. The fraction of sp³-hybridized carbons (Fsp3) is 0.476. The molecule has 1 aliphatic rings. The molecule has 1 fully saturated rings. The standard InChI is InChI=1S/C21H27N3O3/c1-3-19-18(13-22-24(19)14-16-9-6-5-7-10-16)20(25)23-12-8-11-17(15-23)21(26)27-4-2/h5-7,9-10,13,17H,3-4,8,11-12,14-15H2,1-2H3/t17-/m0/s1. The van der Waals surface area contributed by atoms with Crippen molar-refractivity contribution in [2.75, 3.05) is 19.7 Å². The van der Waals surface area contributed by atoms with Crippen molar-refractivity contribution in [2.24, 2.45) is 5.92 Å². The van der Waals surface area contributed by atoms with Gasteiger partial charge in [-0.05, 0) is 31.7 Å². The molecule has 1 aliphatic heterocycles. The van der Waals surface area contributed by atoms with Crippen LogP contribution in [0, 0.1) is 5.92 Å². The monoisotopic (exact) mass is 369 g/mol. The number of rotatable bonds is 6. The summed E-state index contributed by atoms with van der Waals surface area (Å²) in [5.74, 6) is -0.474. The van der Waals surface area contributed by atoms with E-state index in [0.717, 1.165) is 30.5 Å². The maximum atomic E-state index is 13.1. The zero-order chi connectivity index (χ0) is 19.2. The van der Waals surface area contributed by atoms with Crippen LogP contribution in [0.4, 0.5) is 0 Å². The topological polar surface area (TPSA) is 64.4 Å². The molecule has 1 saturated heterocycles. The van der Waals surface area contributed by atoms with Crippen LogP contribution in [0.2, 0.25) is 0 Å². The molecule has 2 aromatic rings. The van der Waals surface area contributed by atoms with Crippen molar-refractivity contribution >= 4 is 11.9 Å². The molecule has 0 saturated carbocycles. The van der Waals surface area contributed by atoms with E-state index >= 15 is 0 Å². The number of esters is 1. The second kappa shape index (κ2) is 8.84. The summed E-state index contributed by atoms with van der Waals surface area (Å²) >= 11 is 0. The molecule has 0 radical (unpaired) electrons. The normalized spacial score (nSPS) is 17.0. The SMILES string of the molecule is CCOC(=O)[C@H]1CCCN(C(=O)c2cnn(Cc3ccccc3)c2CC)C1. The number of amides is 1. The van der Waals surface area contributed by atoms with Gasteiger partial charge in [0.25, 0.3) is 5.91 Å². The molecule has 1 aromatic heterocycles. The Bertz CT molecular complexity index is 785. The molecule has 0 N–H and O–H groups in total. The summed E-state index contributed by atoms with van der Waals surface area (Å²) in [4.78, 5) is 26.9. The molecule has 1 aromatic carbocycles. The van der Waals surface area contributed by atoms with Crippen LogP contribution in [0.3, 0.4) is 0 Å². The average molecular weight is 369 g/mol. The van der Waals surface area contributed by atoms with Crippen LogP contribution in [0.15, 0.2) is 36.5 Å². The maximum absolute atomic E-state index is 13.1. The largest absolute Gasteiger partial charge is 0.466 e. The lowest BCUT2D eigenvalue weighted by molar-refractivity contribution is -0.149. The molecule has 144 valence electrons. The van der Waals surface area contributed by atoms with E-state index in [2.05, 4.69) is 17.2 Å². The van der Waals surface area contributed by atoms with Crippen LogP contribution in [0.1, 0.15) is 48.3 Å². The van der Waals surface area contributed by atoms with Gasteiger partial charge in [-0.1, -0.05) is 37.3 Å². The molecule has 0 aliphatic carbocycles. The molecule has 1 amide bonds. The second-order valence-electron chi connectivity index (χ2n) is 6.84. The number of carbonyl (C=O) groups is 2. The lowest BCUT2D eigenvalue weighted by Crippen LogP contribution is -2.43. The Morgan fingerprint density at radius 2 is 2.00 bits per heavy atom. The van der Waals surface area contributed by atoms with Gasteiger partial charge in [-0.15, -0.1) is 0 Å². The molecule has 27 heavy (non-hydrogen) atoms. The number of likely N-dealkylation sites (tertiary alicyclic amines) is 1. The lowest BCUT2D eigenvalue weighted by Gasteiger charge is -2.31. The van der Waals surface area contributed by atoms with Crippen LogP contribution in [-0.4, -0.2) is 46.3 Å². The second-order valence-corrected chi connectivity index (χ2v) is 6.84. The smallest absolute Gasteiger partial charge is 0.310 e. The highest BCUT2D eigenvalue weighted by atomic mass is 16.5. The Labute approximate surface area is 160 Å². The first kappa shape index (κ1) is 19.1. The molecular formula is C21H27N3O3. The number of aromatic nitrogens is 2. The van der Waals surface area contributed by atoms with Crippen molar-refractivity contribution in [3.63, 3.8) is 0 Å². The number of hydrogen-bond donors (Lipinski definition) is 0. The van der Waals surface area contributed by atoms with Gasteiger partial charge in [-0.2, -0.15) is 5.10 Å². The quantitative estimate of drug-likeness (QED) is 0.735. The predicted molar refractivity (Wildman–Crippen MR) is 102 cm³/mol. The van der Waals surface area contributed by atoms with E-state index in [1.807, 2.05) is 29.8 Å². The van der Waals surface area contributed by atoms with E-state index < -0.39 is 0 Å². The van der Waals surface area contributed by atoms with Crippen molar-refractivity contribution in [3.05, 3.63) is 53.3 Å². The number of piperidine rings is 1.